The molecule has 3 heteroatoms. The van der Waals surface area contributed by atoms with Gasteiger partial charge in [-0.1, -0.05) is 0 Å². The highest BCUT2D eigenvalue weighted by atomic mass is 16.5. The molecule has 0 spiro atoms. The van der Waals surface area contributed by atoms with E-state index in [0.717, 1.165) is 19.4 Å². The second-order valence-electron chi connectivity index (χ2n) is 3.35. The lowest BCUT2D eigenvalue weighted by Crippen LogP contribution is -2.51. The molecule has 0 saturated heterocycles. The largest absolute Gasteiger partial charge is 0.387 e. The Morgan fingerprint density at radius 3 is 2.50 bits per heavy atom. The molecule has 1 aliphatic rings. The maximum absolute atomic E-state index is 9.73. The van der Waals surface area contributed by atoms with E-state index in [2.05, 4.69) is 0 Å². The first-order valence-corrected chi connectivity index (χ1v) is 4.62. The van der Waals surface area contributed by atoms with Gasteiger partial charge in [0.15, 0.2) is 0 Å². The van der Waals surface area contributed by atoms with Gasteiger partial charge in [0, 0.05) is 26.1 Å². The van der Waals surface area contributed by atoms with Gasteiger partial charge in [0.2, 0.25) is 0 Å². The molecule has 1 fully saturated rings. The van der Waals surface area contributed by atoms with Gasteiger partial charge in [-0.2, -0.15) is 0 Å². The van der Waals surface area contributed by atoms with E-state index in [0.29, 0.717) is 13.2 Å². The average molecular weight is 174 g/mol. The number of aliphatic hydroxyl groups is 1. The zero-order valence-corrected chi connectivity index (χ0v) is 7.88. The molecule has 1 aliphatic carbocycles. The van der Waals surface area contributed by atoms with Gasteiger partial charge >= 0.3 is 0 Å². The van der Waals surface area contributed by atoms with Crippen LogP contribution < -0.4 is 0 Å². The molecule has 0 aliphatic heterocycles. The van der Waals surface area contributed by atoms with Crippen LogP contribution >= 0.6 is 0 Å². The maximum Gasteiger partial charge on any atom is 0.0929 e. The molecule has 0 unspecified atom stereocenters. The highest BCUT2D eigenvalue weighted by Gasteiger charge is 2.43. The van der Waals surface area contributed by atoms with Gasteiger partial charge < -0.3 is 14.6 Å². The van der Waals surface area contributed by atoms with Crippen molar-refractivity contribution in [3.8, 4) is 0 Å². The first-order valence-electron chi connectivity index (χ1n) is 4.62. The number of ether oxygens (including phenoxy) is 2. The minimum absolute atomic E-state index is 0.250. The Balaban J connectivity index is 2.12. The second-order valence-corrected chi connectivity index (χ2v) is 3.35. The summed E-state index contributed by atoms with van der Waals surface area (Å²) in [7, 11) is 0. The summed E-state index contributed by atoms with van der Waals surface area (Å²) >= 11 is 0. The van der Waals surface area contributed by atoms with Crippen LogP contribution in [0.15, 0.2) is 0 Å². The Bertz CT molecular complexity index is 130. The predicted octanol–water partition coefficient (Wildman–Crippen LogP) is 0.953. The maximum atomic E-state index is 9.73. The topological polar surface area (TPSA) is 38.7 Å². The molecule has 1 N–H and O–H groups in total. The summed E-state index contributed by atoms with van der Waals surface area (Å²) in [6, 6.07) is 0. The van der Waals surface area contributed by atoms with Crippen molar-refractivity contribution in [3.63, 3.8) is 0 Å². The van der Waals surface area contributed by atoms with Gasteiger partial charge in [0.1, 0.15) is 0 Å². The van der Waals surface area contributed by atoms with E-state index in [9.17, 15) is 5.11 Å². The van der Waals surface area contributed by atoms with Gasteiger partial charge in [0.25, 0.3) is 0 Å². The first-order chi connectivity index (χ1) is 5.70. The van der Waals surface area contributed by atoms with Crippen molar-refractivity contribution in [3.05, 3.63) is 0 Å². The summed E-state index contributed by atoms with van der Waals surface area (Å²) < 4.78 is 10.5. The Hall–Kier alpha value is -0.120. The van der Waals surface area contributed by atoms with Crippen LogP contribution in [-0.4, -0.2) is 36.6 Å². The fraction of sp³-hybridized carbons (Fsp3) is 1.00. The SMILES string of the molecule is CCOCC1(O)CC(OCC)C1. The van der Waals surface area contributed by atoms with E-state index in [-0.39, 0.29) is 6.10 Å². The third kappa shape index (κ3) is 2.44. The third-order valence-corrected chi connectivity index (χ3v) is 2.19. The number of hydrogen-bond acceptors (Lipinski definition) is 3. The molecule has 0 aromatic heterocycles. The molecule has 0 atom stereocenters. The van der Waals surface area contributed by atoms with Crippen LogP contribution in [0.2, 0.25) is 0 Å². The Labute approximate surface area is 73.7 Å². The van der Waals surface area contributed by atoms with Crippen molar-refractivity contribution in [2.75, 3.05) is 19.8 Å². The van der Waals surface area contributed by atoms with E-state index in [1.807, 2.05) is 13.8 Å². The van der Waals surface area contributed by atoms with Gasteiger partial charge in [-0.3, -0.25) is 0 Å². The quantitative estimate of drug-likeness (QED) is 0.674. The summed E-state index contributed by atoms with van der Waals surface area (Å²) in [6.45, 7) is 5.76. The predicted molar refractivity (Wildman–Crippen MR) is 46.1 cm³/mol. The average Bonchev–Trinajstić information content (AvgIpc) is 1.99. The third-order valence-electron chi connectivity index (χ3n) is 2.19. The van der Waals surface area contributed by atoms with Crippen molar-refractivity contribution in [2.45, 2.75) is 38.4 Å². The van der Waals surface area contributed by atoms with Crippen LogP contribution in [0.3, 0.4) is 0 Å². The summed E-state index contributed by atoms with van der Waals surface area (Å²) in [5.74, 6) is 0. The van der Waals surface area contributed by atoms with Crippen LogP contribution in [0.25, 0.3) is 0 Å². The van der Waals surface area contributed by atoms with E-state index in [1.165, 1.54) is 0 Å². The van der Waals surface area contributed by atoms with Crippen LogP contribution in [0.5, 0.6) is 0 Å². The van der Waals surface area contributed by atoms with Gasteiger partial charge in [-0.05, 0) is 13.8 Å². The number of hydrogen-bond donors (Lipinski definition) is 1. The lowest BCUT2D eigenvalue weighted by Gasteiger charge is -2.42. The molecule has 0 bridgehead atoms. The standard InChI is InChI=1S/C9H18O3/c1-3-11-7-9(10)5-8(6-9)12-4-2/h8,10H,3-7H2,1-2H3. The van der Waals surface area contributed by atoms with Crippen LogP contribution in [-0.2, 0) is 9.47 Å². The normalized spacial score (nSPS) is 34.8. The molecule has 72 valence electrons. The van der Waals surface area contributed by atoms with E-state index in [1.54, 1.807) is 0 Å². The van der Waals surface area contributed by atoms with Crippen molar-refractivity contribution in [1.82, 2.24) is 0 Å². The van der Waals surface area contributed by atoms with Gasteiger partial charge in [-0.15, -0.1) is 0 Å². The molecule has 12 heavy (non-hydrogen) atoms. The molecule has 0 radical (unpaired) electrons. The zero-order valence-electron chi connectivity index (χ0n) is 7.88. The van der Waals surface area contributed by atoms with Gasteiger partial charge in [0.05, 0.1) is 18.3 Å². The van der Waals surface area contributed by atoms with Crippen molar-refractivity contribution in [1.29, 1.82) is 0 Å². The van der Waals surface area contributed by atoms with Gasteiger partial charge in [-0.25, -0.2) is 0 Å². The first kappa shape index (κ1) is 9.96. The Kier molecular flexibility index (Phi) is 3.50. The lowest BCUT2D eigenvalue weighted by molar-refractivity contribution is -0.165. The molecule has 0 amide bonds. The van der Waals surface area contributed by atoms with Crippen LogP contribution in [0.4, 0.5) is 0 Å². The molecule has 1 saturated carbocycles. The summed E-state index contributed by atoms with van der Waals surface area (Å²) in [5, 5.41) is 9.73. The molecule has 0 aromatic carbocycles. The lowest BCUT2D eigenvalue weighted by atomic mass is 9.78. The molecular weight excluding hydrogens is 156 g/mol. The minimum Gasteiger partial charge on any atom is -0.387 e. The summed E-state index contributed by atoms with van der Waals surface area (Å²) in [6.07, 6.45) is 1.70. The van der Waals surface area contributed by atoms with Crippen LogP contribution in [0.1, 0.15) is 26.7 Å². The fourth-order valence-electron chi connectivity index (χ4n) is 1.55. The van der Waals surface area contributed by atoms with E-state index in [4.69, 9.17) is 9.47 Å². The highest BCUT2D eigenvalue weighted by molar-refractivity contribution is 4.95. The molecule has 3 nitrogen and oxygen atoms in total. The Morgan fingerprint density at radius 2 is 2.00 bits per heavy atom. The van der Waals surface area contributed by atoms with Crippen molar-refractivity contribution >= 4 is 0 Å². The monoisotopic (exact) mass is 174 g/mol. The van der Waals surface area contributed by atoms with E-state index < -0.39 is 5.60 Å². The zero-order chi connectivity index (χ0) is 9.03. The molecule has 1 rings (SSSR count). The van der Waals surface area contributed by atoms with Crippen molar-refractivity contribution < 1.29 is 14.6 Å². The summed E-state index contributed by atoms with van der Waals surface area (Å²) in [4.78, 5) is 0. The van der Waals surface area contributed by atoms with Crippen LogP contribution in [0, 0.1) is 0 Å². The minimum atomic E-state index is -0.601. The smallest absolute Gasteiger partial charge is 0.0929 e. The molecule has 0 aromatic rings. The molecular formula is C9H18O3. The number of rotatable bonds is 5. The summed E-state index contributed by atoms with van der Waals surface area (Å²) in [5.41, 5.74) is -0.601. The highest BCUT2D eigenvalue weighted by Crippen LogP contribution is 2.34. The van der Waals surface area contributed by atoms with E-state index >= 15 is 0 Å². The second kappa shape index (κ2) is 4.21. The Morgan fingerprint density at radius 1 is 1.33 bits per heavy atom. The molecule has 0 heterocycles. The van der Waals surface area contributed by atoms with Crippen molar-refractivity contribution in [2.24, 2.45) is 0 Å². The fourth-order valence-corrected chi connectivity index (χ4v) is 1.55.